The van der Waals surface area contributed by atoms with Crippen LogP contribution in [0.3, 0.4) is 0 Å². The van der Waals surface area contributed by atoms with Crippen LogP contribution in [0.15, 0.2) is 12.4 Å². The molecule has 17 heavy (non-hydrogen) atoms. The van der Waals surface area contributed by atoms with Gasteiger partial charge in [-0.2, -0.15) is 0 Å². The van der Waals surface area contributed by atoms with Crippen LogP contribution >= 0.6 is 0 Å². The van der Waals surface area contributed by atoms with Gasteiger partial charge in [-0.15, -0.1) is 0 Å². The number of piperidine rings is 1. The summed E-state index contributed by atoms with van der Waals surface area (Å²) in [7, 11) is 0. The van der Waals surface area contributed by atoms with E-state index in [1.54, 1.807) is 0 Å². The molecule has 2 heterocycles. The van der Waals surface area contributed by atoms with E-state index in [1.807, 2.05) is 0 Å². The van der Waals surface area contributed by atoms with Gasteiger partial charge < -0.3 is 10.6 Å². The Morgan fingerprint density at radius 2 is 2.24 bits per heavy atom. The molecule has 0 aromatic carbocycles. The Morgan fingerprint density at radius 3 is 2.88 bits per heavy atom. The second-order valence-corrected chi connectivity index (χ2v) is 4.01. The first-order chi connectivity index (χ1) is 7.98. The molecule has 1 aromatic heterocycles. The second kappa shape index (κ2) is 4.23. The predicted octanol–water partition coefficient (Wildman–Crippen LogP) is 0.811. The van der Waals surface area contributed by atoms with Crippen molar-refractivity contribution in [3.05, 3.63) is 18.1 Å². The van der Waals surface area contributed by atoms with E-state index in [0.29, 0.717) is 18.8 Å². The van der Waals surface area contributed by atoms with Gasteiger partial charge in [-0.3, -0.25) is 4.79 Å². The van der Waals surface area contributed by atoms with E-state index in [1.165, 1.54) is 11.0 Å². The van der Waals surface area contributed by atoms with Crippen LogP contribution in [-0.2, 0) is 0 Å². The zero-order valence-corrected chi connectivity index (χ0v) is 9.07. The molecule has 1 aliphatic heterocycles. The topological polar surface area (TPSA) is 72.1 Å². The van der Waals surface area contributed by atoms with Crippen molar-refractivity contribution < 1.29 is 13.6 Å². The summed E-state index contributed by atoms with van der Waals surface area (Å²) in [6.45, 7) is 0.104. The fourth-order valence-electron chi connectivity index (χ4n) is 1.82. The van der Waals surface area contributed by atoms with E-state index in [0.717, 1.165) is 6.33 Å². The van der Waals surface area contributed by atoms with Gasteiger partial charge in [0.2, 0.25) is 0 Å². The van der Waals surface area contributed by atoms with Crippen molar-refractivity contribution in [2.24, 2.45) is 5.73 Å². The fraction of sp³-hybridized carbons (Fsp3) is 0.500. The minimum Gasteiger partial charge on any atom is -0.364 e. The summed E-state index contributed by atoms with van der Waals surface area (Å²) < 4.78 is 26.4. The highest BCUT2D eigenvalue weighted by atomic mass is 19.3. The molecule has 5 nitrogen and oxygen atoms in total. The number of hydrogen-bond acceptors (Lipinski definition) is 4. The average molecular weight is 242 g/mol. The van der Waals surface area contributed by atoms with Crippen LogP contribution < -0.4 is 10.6 Å². The Labute approximate surface area is 96.6 Å². The molecule has 0 saturated carbocycles. The summed E-state index contributed by atoms with van der Waals surface area (Å²) in [5.74, 6) is -3.10. The summed E-state index contributed by atoms with van der Waals surface area (Å²) in [5.41, 5.74) is 5.10. The molecule has 0 spiro atoms. The molecule has 0 atom stereocenters. The largest absolute Gasteiger partial charge is 0.364 e. The number of carbonyl (C=O) groups excluding carboxylic acids is 1. The van der Waals surface area contributed by atoms with E-state index in [4.69, 9.17) is 5.73 Å². The Bertz CT molecular complexity index is 438. The van der Waals surface area contributed by atoms with Crippen LogP contribution in [0.1, 0.15) is 23.3 Å². The standard InChI is InChI=1S/C10H12F2N4O/c11-10(12)2-1-3-16(5-10)8-4-7(9(13)17)14-6-15-8/h4,6H,1-3,5H2,(H2,13,17). The van der Waals surface area contributed by atoms with E-state index in [9.17, 15) is 13.6 Å². The monoisotopic (exact) mass is 242 g/mol. The smallest absolute Gasteiger partial charge is 0.267 e. The number of nitrogens with two attached hydrogens (primary N) is 1. The Morgan fingerprint density at radius 1 is 1.47 bits per heavy atom. The molecular formula is C10H12F2N4O. The number of hydrogen-bond donors (Lipinski definition) is 1. The minimum absolute atomic E-state index is 0.0314. The molecule has 0 bridgehead atoms. The minimum atomic E-state index is -2.71. The number of anilines is 1. The third-order valence-electron chi connectivity index (χ3n) is 2.62. The molecular weight excluding hydrogens is 230 g/mol. The normalized spacial score (nSPS) is 19.1. The molecule has 1 fully saturated rings. The van der Waals surface area contributed by atoms with Gasteiger partial charge in [0.1, 0.15) is 17.8 Å². The number of halogens is 2. The lowest BCUT2D eigenvalue weighted by atomic mass is 10.1. The van der Waals surface area contributed by atoms with Gasteiger partial charge in [0.15, 0.2) is 0 Å². The van der Waals surface area contributed by atoms with E-state index >= 15 is 0 Å². The molecule has 2 rings (SSSR count). The zero-order chi connectivity index (χ0) is 12.5. The molecule has 2 N–H and O–H groups in total. The molecule has 1 aliphatic rings. The average Bonchev–Trinajstić information content (AvgIpc) is 2.28. The number of amides is 1. The third-order valence-corrected chi connectivity index (χ3v) is 2.62. The highest BCUT2D eigenvalue weighted by Gasteiger charge is 2.35. The van der Waals surface area contributed by atoms with Crippen LogP contribution in [0.5, 0.6) is 0 Å². The van der Waals surface area contributed by atoms with E-state index in [-0.39, 0.29) is 18.7 Å². The van der Waals surface area contributed by atoms with Gasteiger partial charge >= 0.3 is 0 Å². The summed E-state index contributed by atoms with van der Waals surface area (Å²) in [6, 6.07) is 1.34. The Kier molecular flexibility index (Phi) is 2.91. The van der Waals surface area contributed by atoms with Crippen LogP contribution in [0, 0.1) is 0 Å². The molecule has 1 saturated heterocycles. The van der Waals surface area contributed by atoms with E-state index in [2.05, 4.69) is 9.97 Å². The number of aromatic nitrogens is 2. The molecule has 1 amide bonds. The summed E-state index contributed by atoms with van der Waals surface area (Å²) in [4.78, 5) is 19.9. The summed E-state index contributed by atoms with van der Waals surface area (Å²) >= 11 is 0. The van der Waals surface area contributed by atoms with Crippen molar-refractivity contribution in [2.45, 2.75) is 18.8 Å². The van der Waals surface area contributed by atoms with Gasteiger partial charge in [-0.05, 0) is 6.42 Å². The maximum atomic E-state index is 13.2. The zero-order valence-electron chi connectivity index (χ0n) is 9.07. The van der Waals surface area contributed by atoms with Crippen LogP contribution in [-0.4, -0.2) is 34.9 Å². The van der Waals surface area contributed by atoms with Crippen LogP contribution in [0.2, 0.25) is 0 Å². The number of alkyl halides is 2. The van der Waals surface area contributed by atoms with Crippen LogP contribution in [0.4, 0.5) is 14.6 Å². The first kappa shape index (κ1) is 11.7. The van der Waals surface area contributed by atoms with Crippen molar-refractivity contribution in [1.82, 2.24) is 9.97 Å². The highest BCUT2D eigenvalue weighted by molar-refractivity contribution is 5.91. The van der Waals surface area contributed by atoms with E-state index < -0.39 is 11.8 Å². The maximum absolute atomic E-state index is 13.2. The van der Waals surface area contributed by atoms with Gasteiger partial charge in [-0.1, -0.05) is 0 Å². The lowest BCUT2D eigenvalue weighted by Crippen LogP contribution is -2.43. The van der Waals surface area contributed by atoms with Gasteiger partial charge in [0.05, 0.1) is 6.54 Å². The van der Waals surface area contributed by atoms with Crippen molar-refractivity contribution >= 4 is 11.7 Å². The van der Waals surface area contributed by atoms with Gasteiger partial charge in [0, 0.05) is 19.0 Å². The fourth-order valence-corrected chi connectivity index (χ4v) is 1.82. The lowest BCUT2D eigenvalue weighted by Gasteiger charge is -2.33. The predicted molar refractivity (Wildman–Crippen MR) is 56.9 cm³/mol. The van der Waals surface area contributed by atoms with Gasteiger partial charge in [-0.25, -0.2) is 18.7 Å². The first-order valence-corrected chi connectivity index (χ1v) is 5.22. The number of primary amides is 1. The molecule has 7 heteroatoms. The van der Waals surface area contributed by atoms with Gasteiger partial charge in [0.25, 0.3) is 11.8 Å². The van der Waals surface area contributed by atoms with Crippen molar-refractivity contribution in [3.8, 4) is 0 Å². The summed E-state index contributed by atoms with van der Waals surface area (Å²) in [6.07, 6.45) is 1.43. The first-order valence-electron chi connectivity index (χ1n) is 5.22. The molecule has 92 valence electrons. The quantitative estimate of drug-likeness (QED) is 0.833. The van der Waals surface area contributed by atoms with Crippen molar-refractivity contribution in [3.63, 3.8) is 0 Å². The van der Waals surface area contributed by atoms with Crippen molar-refractivity contribution in [1.29, 1.82) is 0 Å². The Balaban J connectivity index is 2.22. The lowest BCUT2D eigenvalue weighted by molar-refractivity contribution is -0.0118. The molecule has 0 aliphatic carbocycles. The SMILES string of the molecule is NC(=O)c1cc(N2CCCC(F)(F)C2)ncn1. The third kappa shape index (κ3) is 2.66. The van der Waals surface area contributed by atoms with Crippen molar-refractivity contribution in [2.75, 3.05) is 18.0 Å². The molecule has 1 aromatic rings. The number of carbonyl (C=O) groups is 1. The number of rotatable bonds is 2. The number of nitrogens with zero attached hydrogens (tertiary/aromatic N) is 3. The maximum Gasteiger partial charge on any atom is 0.267 e. The molecule has 0 unspecified atom stereocenters. The van der Waals surface area contributed by atoms with Crippen LogP contribution in [0.25, 0.3) is 0 Å². The molecule has 0 radical (unpaired) electrons. The Hall–Kier alpha value is -1.79. The second-order valence-electron chi connectivity index (χ2n) is 4.01. The highest BCUT2D eigenvalue weighted by Crippen LogP contribution is 2.28. The summed E-state index contributed by atoms with van der Waals surface area (Å²) in [5, 5.41) is 0.